The highest BCUT2D eigenvalue weighted by Crippen LogP contribution is 2.30. The van der Waals surface area contributed by atoms with Crippen LogP contribution < -0.4 is 16.0 Å². The Morgan fingerprint density at radius 3 is 2.76 bits per heavy atom. The maximum Gasteiger partial charge on any atom is 0.416 e. The number of alkyl halides is 1. The fraction of sp³-hybridized carbons (Fsp3) is 0.304. The lowest BCUT2D eigenvalue weighted by Crippen LogP contribution is -2.39. The van der Waals surface area contributed by atoms with Gasteiger partial charge in [-0.05, 0) is 62.2 Å². The molecule has 0 saturated carbocycles. The number of benzene rings is 1. The van der Waals surface area contributed by atoms with Crippen molar-refractivity contribution >= 4 is 39.5 Å². The van der Waals surface area contributed by atoms with Crippen LogP contribution in [0.1, 0.15) is 31.1 Å². The zero-order chi connectivity index (χ0) is 23.7. The Hall–Kier alpha value is -3.27. The number of pyridine rings is 1. The summed E-state index contributed by atoms with van der Waals surface area (Å²) in [4.78, 5) is 26.6. The predicted molar refractivity (Wildman–Crippen MR) is 129 cm³/mol. The molecule has 2 aromatic heterocycles. The first-order chi connectivity index (χ1) is 15.7. The van der Waals surface area contributed by atoms with Crippen LogP contribution in [0.3, 0.4) is 0 Å². The van der Waals surface area contributed by atoms with E-state index in [4.69, 9.17) is 10.5 Å². The molecular formula is C23H24BrFN6O2. The molecule has 1 aromatic carbocycles. The van der Waals surface area contributed by atoms with Gasteiger partial charge < -0.3 is 15.8 Å². The Morgan fingerprint density at radius 2 is 2.06 bits per heavy atom. The van der Waals surface area contributed by atoms with Gasteiger partial charge in [-0.25, -0.2) is 14.2 Å². The van der Waals surface area contributed by atoms with Gasteiger partial charge in [0, 0.05) is 28.1 Å². The highest BCUT2D eigenvalue weighted by Gasteiger charge is 2.39. The van der Waals surface area contributed by atoms with Gasteiger partial charge in [0.05, 0.1) is 11.7 Å². The first kappa shape index (κ1) is 22.9. The topological polar surface area (TPSA) is 106 Å². The largest absolute Gasteiger partial charge is 0.447 e. The van der Waals surface area contributed by atoms with Crippen LogP contribution in [-0.2, 0) is 4.74 Å². The van der Waals surface area contributed by atoms with Crippen molar-refractivity contribution in [2.45, 2.75) is 39.0 Å². The van der Waals surface area contributed by atoms with Crippen molar-refractivity contribution in [1.82, 2.24) is 15.0 Å². The lowest BCUT2D eigenvalue weighted by molar-refractivity contribution is 0.174. The molecule has 0 bridgehead atoms. The third-order valence-corrected chi connectivity index (χ3v) is 5.93. The summed E-state index contributed by atoms with van der Waals surface area (Å²) in [5, 5.41) is 3.20. The fourth-order valence-corrected chi connectivity index (χ4v) is 4.25. The number of rotatable bonds is 6. The number of cyclic esters (lactones) is 1. The molecule has 33 heavy (non-hydrogen) atoms. The van der Waals surface area contributed by atoms with Gasteiger partial charge in [0.2, 0.25) is 5.95 Å². The molecule has 0 radical (unpaired) electrons. The Kier molecular flexibility index (Phi) is 6.46. The van der Waals surface area contributed by atoms with Crippen LogP contribution >= 0.6 is 15.9 Å². The molecule has 0 spiro atoms. The van der Waals surface area contributed by atoms with Crippen molar-refractivity contribution in [3.8, 4) is 11.1 Å². The third-order valence-electron chi connectivity index (χ3n) is 5.48. The molecule has 1 saturated heterocycles. The van der Waals surface area contributed by atoms with Crippen LogP contribution in [-0.4, -0.2) is 39.9 Å². The first-order valence-electron chi connectivity index (χ1n) is 10.5. The van der Waals surface area contributed by atoms with E-state index in [2.05, 4.69) is 36.2 Å². The van der Waals surface area contributed by atoms with Crippen LogP contribution in [0.25, 0.3) is 11.1 Å². The van der Waals surface area contributed by atoms with Gasteiger partial charge in [0.15, 0.2) is 0 Å². The fourth-order valence-electron chi connectivity index (χ4n) is 3.74. The molecule has 10 heteroatoms. The average molecular weight is 515 g/mol. The smallest absolute Gasteiger partial charge is 0.416 e. The monoisotopic (exact) mass is 514 g/mol. The summed E-state index contributed by atoms with van der Waals surface area (Å²) >= 11 is 3.48. The third kappa shape index (κ3) is 4.90. The maximum absolute atomic E-state index is 13.9. The highest BCUT2D eigenvalue weighted by molar-refractivity contribution is 9.10. The molecular weight excluding hydrogens is 491 g/mol. The number of carbonyl (C=O) groups is 1. The minimum atomic E-state index is -1.26. The number of aromatic nitrogens is 3. The molecule has 3 N–H and O–H groups in total. The van der Waals surface area contributed by atoms with Crippen molar-refractivity contribution < 1.29 is 13.9 Å². The van der Waals surface area contributed by atoms with E-state index in [1.165, 1.54) is 18.0 Å². The number of nitrogens with zero attached hydrogens (tertiary/aromatic N) is 4. The molecule has 172 valence electrons. The van der Waals surface area contributed by atoms with Gasteiger partial charge in [-0.1, -0.05) is 15.9 Å². The minimum Gasteiger partial charge on any atom is -0.447 e. The van der Waals surface area contributed by atoms with E-state index < -0.39 is 18.3 Å². The summed E-state index contributed by atoms with van der Waals surface area (Å²) < 4.78 is 19.8. The van der Waals surface area contributed by atoms with Gasteiger partial charge in [-0.15, -0.1) is 0 Å². The quantitative estimate of drug-likeness (QED) is 0.443. The van der Waals surface area contributed by atoms with Crippen LogP contribution in [0, 0.1) is 6.92 Å². The van der Waals surface area contributed by atoms with Crippen molar-refractivity contribution in [3.63, 3.8) is 0 Å². The number of nitrogen functional groups attached to an aromatic ring is 1. The summed E-state index contributed by atoms with van der Waals surface area (Å²) in [5.74, 6) is 0.580. The molecule has 0 unspecified atom stereocenters. The maximum atomic E-state index is 13.9. The molecule has 3 atom stereocenters. The Bertz CT molecular complexity index is 1170. The molecule has 1 aliphatic rings. The number of amides is 1. The highest BCUT2D eigenvalue weighted by atomic mass is 79.9. The SMILES string of the molecule is Cc1cc([C@H](C)Nc2nccc(N3C(=O)OC[C@@H]3[C@H](C)F)n2)ncc1-c1cc(N)cc(Br)c1. The number of nitrogens with one attached hydrogen (secondary N) is 1. The Morgan fingerprint density at radius 1 is 1.27 bits per heavy atom. The lowest BCUT2D eigenvalue weighted by Gasteiger charge is -2.22. The second-order valence-electron chi connectivity index (χ2n) is 7.99. The van der Waals surface area contributed by atoms with E-state index in [-0.39, 0.29) is 18.5 Å². The zero-order valence-electron chi connectivity index (χ0n) is 18.4. The van der Waals surface area contributed by atoms with Crippen molar-refractivity contribution in [1.29, 1.82) is 0 Å². The number of ether oxygens (including phenoxy) is 1. The molecule has 8 nitrogen and oxygen atoms in total. The van der Waals surface area contributed by atoms with Gasteiger partial charge in [-0.3, -0.25) is 9.88 Å². The number of hydrogen-bond acceptors (Lipinski definition) is 7. The van der Waals surface area contributed by atoms with Gasteiger partial charge >= 0.3 is 6.09 Å². The van der Waals surface area contributed by atoms with Crippen LogP contribution in [0.5, 0.6) is 0 Å². The van der Waals surface area contributed by atoms with Gasteiger partial charge in [0.1, 0.15) is 24.6 Å². The molecule has 1 aliphatic heterocycles. The van der Waals surface area contributed by atoms with E-state index in [1.54, 1.807) is 6.07 Å². The molecule has 4 rings (SSSR count). The van der Waals surface area contributed by atoms with Crippen molar-refractivity contribution in [3.05, 3.63) is 58.5 Å². The second-order valence-corrected chi connectivity index (χ2v) is 8.91. The molecule has 3 heterocycles. The standard InChI is InChI=1S/C23H24BrFN6O2/c1-12-6-19(28-10-18(12)15-7-16(24)9-17(26)8-15)14(3)29-22-27-5-4-21(30-22)31-20(13(2)25)11-33-23(31)32/h4-10,13-14,20H,11,26H2,1-3H3,(H,27,29,30)/t13-,14-,20+/m0/s1. The van der Waals surface area contributed by atoms with Crippen molar-refractivity contribution in [2.24, 2.45) is 0 Å². The Labute approximate surface area is 199 Å². The normalized spacial score (nSPS) is 17.5. The van der Waals surface area contributed by atoms with E-state index in [1.807, 2.05) is 44.3 Å². The number of aryl methyl sites for hydroxylation is 1. The van der Waals surface area contributed by atoms with E-state index >= 15 is 0 Å². The number of halogens is 2. The van der Waals surface area contributed by atoms with Gasteiger partial charge in [0.25, 0.3) is 0 Å². The van der Waals surface area contributed by atoms with Crippen molar-refractivity contribution in [2.75, 3.05) is 22.6 Å². The van der Waals surface area contributed by atoms with E-state index in [0.29, 0.717) is 11.6 Å². The summed E-state index contributed by atoms with van der Waals surface area (Å²) in [6.07, 6.45) is 1.45. The summed E-state index contributed by atoms with van der Waals surface area (Å²) in [5.41, 5.74) is 10.4. The summed E-state index contributed by atoms with van der Waals surface area (Å²) in [6.45, 7) is 5.32. The van der Waals surface area contributed by atoms with Gasteiger partial charge in [-0.2, -0.15) is 4.98 Å². The summed E-state index contributed by atoms with van der Waals surface area (Å²) in [6, 6.07) is 8.36. The van der Waals surface area contributed by atoms with E-state index in [0.717, 1.165) is 26.9 Å². The molecule has 3 aromatic rings. The molecule has 1 fully saturated rings. The number of carbonyl (C=O) groups excluding carboxylic acids is 1. The predicted octanol–water partition coefficient (Wildman–Crippen LogP) is 5.05. The first-order valence-corrected chi connectivity index (χ1v) is 11.2. The van der Waals surface area contributed by atoms with Crippen LogP contribution in [0.15, 0.2) is 47.2 Å². The van der Waals surface area contributed by atoms with E-state index in [9.17, 15) is 9.18 Å². The molecule has 1 amide bonds. The van der Waals surface area contributed by atoms with Crippen LogP contribution in [0.2, 0.25) is 0 Å². The minimum absolute atomic E-state index is 0.0150. The Balaban J connectivity index is 1.54. The number of nitrogens with two attached hydrogens (primary N) is 1. The zero-order valence-corrected chi connectivity index (χ0v) is 20.0. The lowest BCUT2D eigenvalue weighted by atomic mass is 10.0. The van der Waals surface area contributed by atoms with Crippen LogP contribution in [0.4, 0.5) is 26.6 Å². The number of anilines is 3. The second kappa shape index (κ2) is 9.30. The molecule has 0 aliphatic carbocycles. The average Bonchev–Trinajstić information content (AvgIpc) is 3.15. The summed E-state index contributed by atoms with van der Waals surface area (Å²) in [7, 11) is 0. The number of hydrogen-bond donors (Lipinski definition) is 2.